The van der Waals surface area contributed by atoms with Gasteiger partial charge in [0.15, 0.2) is 0 Å². The number of rotatable bonds is 3. The fourth-order valence-electron chi connectivity index (χ4n) is 3.84. The number of aromatic amines is 1. The summed E-state index contributed by atoms with van der Waals surface area (Å²) in [5.74, 6) is 0.499. The third-order valence-electron chi connectivity index (χ3n) is 4.72. The molecule has 2 aliphatic carbocycles. The second-order valence-corrected chi connectivity index (χ2v) is 5.65. The van der Waals surface area contributed by atoms with Crippen molar-refractivity contribution in [3.05, 3.63) is 30.4 Å². The van der Waals surface area contributed by atoms with Gasteiger partial charge in [-0.1, -0.05) is 12.2 Å². The summed E-state index contributed by atoms with van der Waals surface area (Å²) in [7, 11) is 0. The highest BCUT2D eigenvalue weighted by molar-refractivity contribution is 6.06. The van der Waals surface area contributed by atoms with Gasteiger partial charge in [0.1, 0.15) is 0 Å². The summed E-state index contributed by atoms with van der Waals surface area (Å²) in [4.78, 5) is 33.2. The van der Waals surface area contributed by atoms with Gasteiger partial charge in [0.25, 0.3) is 0 Å². The van der Waals surface area contributed by atoms with E-state index in [0.29, 0.717) is 24.8 Å². The summed E-state index contributed by atoms with van der Waals surface area (Å²) in [6, 6.07) is 0. The van der Waals surface area contributed by atoms with Gasteiger partial charge in [-0.05, 0) is 18.3 Å². The first-order valence-corrected chi connectivity index (χ1v) is 6.76. The number of allylic oxidation sites excluding steroid dienone is 2. The SMILES string of the molecule is O=C1C2C3C=CC(C3)C2C(=O)N1CCc1cnc[nH]1. The number of imidazole rings is 1. The molecule has 2 bridgehead atoms. The predicted molar refractivity (Wildman–Crippen MR) is 66.7 cm³/mol. The molecule has 5 heteroatoms. The second-order valence-electron chi connectivity index (χ2n) is 5.65. The molecule has 1 N–H and O–H groups in total. The Morgan fingerprint density at radius 2 is 1.89 bits per heavy atom. The number of nitrogens with zero attached hydrogens (tertiary/aromatic N) is 2. The first-order valence-electron chi connectivity index (χ1n) is 6.76. The van der Waals surface area contributed by atoms with Gasteiger partial charge in [-0.3, -0.25) is 14.5 Å². The molecule has 1 aromatic heterocycles. The largest absolute Gasteiger partial charge is 0.348 e. The lowest BCUT2D eigenvalue weighted by molar-refractivity contribution is -0.140. The van der Waals surface area contributed by atoms with Crippen LogP contribution in [0.25, 0.3) is 0 Å². The van der Waals surface area contributed by atoms with Crippen molar-refractivity contribution in [2.45, 2.75) is 12.8 Å². The van der Waals surface area contributed by atoms with Gasteiger partial charge in [0.2, 0.25) is 11.8 Å². The summed E-state index contributed by atoms with van der Waals surface area (Å²) in [6.07, 6.45) is 9.23. The van der Waals surface area contributed by atoms with Gasteiger partial charge in [-0.2, -0.15) is 0 Å². The molecule has 5 nitrogen and oxygen atoms in total. The average molecular weight is 257 g/mol. The van der Waals surface area contributed by atoms with E-state index >= 15 is 0 Å². The number of hydrogen-bond acceptors (Lipinski definition) is 3. The smallest absolute Gasteiger partial charge is 0.233 e. The molecule has 19 heavy (non-hydrogen) atoms. The number of imide groups is 1. The molecule has 2 fully saturated rings. The fraction of sp³-hybridized carbons (Fsp3) is 0.500. The Morgan fingerprint density at radius 1 is 1.21 bits per heavy atom. The number of likely N-dealkylation sites (tertiary alicyclic amines) is 1. The lowest BCUT2D eigenvalue weighted by Gasteiger charge is -2.16. The fourth-order valence-corrected chi connectivity index (χ4v) is 3.84. The Hall–Kier alpha value is -1.91. The van der Waals surface area contributed by atoms with E-state index < -0.39 is 0 Å². The minimum atomic E-state index is -0.0794. The first-order chi connectivity index (χ1) is 9.25. The zero-order valence-electron chi connectivity index (χ0n) is 10.5. The summed E-state index contributed by atoms with van der Waals surface area (Å²) < 4.78 is 0. The molecule has 4 atom stereocenters. The van der Waals surface area contributed by atoms with Crippen LogP contribution in [0.4, 0.5) is 0 Å². The Morgan fingerprint density at radius 3 is 2.47 bits per heavy atom. The molecule has 0 radical (unpaired) electrons. The molecule has 2 amide bonds. The van der Waals surface area contributed by atoms with Crippen LogP contribution in [0, 0.1) is 23.7 Å². The Bertz CT molecular complexity index is 533. The molecule has 1 aliphatic heterocycles. The Kier molecular flexibility index (Phi) is 2.19. The van der Waals surface area contributed by atoms with E-state index in [1.165, 1.54) is 4.90 Å². The maximum atomic E-state index is 12.4. The molecular weight excluding hydrogens is 242 g/mol. The van der Waals surface area contributed by atoms with Crippen molar-refractivity contribution in [2.24, 2.45) is 23.7 Å². The summed E-state index contributed by atoms with van der Waals surface area (Å²) in [5, 5.41) is 0. The van der Waals surface area contributed by atoms with Gasteiger partial charge in [-0.25, -0.2) is 4.98 Å². The Labute approximate surface area is 110 Å². The molecule has 4 unspecified atom stereocenters. The normalized spacial score (nSPS) is 35.5. The first kappa shape index (κ1) is 11.0. The van der Waals surface area contributed by atoms with Crippen LogP contribution in [0.5, 0.6) is 0 Å². The van der Waals surface area contributed by atoms with E-state index in [4.69, 9.17) is 0 Å². The lowest BCUT2D eigenvalue weighted by Crippen LogP contribution is -2.34. The van der Waals surface area contributed by atoms with Crippen molar-refractivity contribution in [3.63, 3.8) is 0 Å². The monoisotopic (exact) mass is 257 g/mol. The van der Waals surface area contributed by atoms with Crippen LogP contribution in [0.15, 0.2) is 24.7 Å². The van der Waals surface area contributed by atoms with Crippen molar-refractivity contribution in [2.75, 3.05) is 6.54 Å². The van der Waals surface area contributed by atoms with E-state index in [1.807, 2.05) is 0 Å². The molecule has 1 aromatic rings. The molecular formula is C14H15N3O2. The van der Waals surface area contributed by atoms with Crippen LogP contribution < -0.4 is 0 Å². The van der Waals surface area contributed by atoms with Gasteiger partial charge < -0.3 is 4.98 Å². The maximum Gasteiger partial charge on any atom is 0.233 e. The van der Waals surface area contributed by atoms with Crippen molar-refractivity contribution in [3.8, 4) is 0 Å². The maximum absolute atomic E-state index is 12.4. The molecule has 1 saturated carbocycles. The molecule has 0 aromatic carbocycles. The number of amides is 2. The van der Waals surface area contributed by atoms with Crippen molar-refractivity contribution in [1.82, 2.24) is 14.9 Å². The van der Waals surface area contributed by atoms with Crippen LogP contribution in [0.3, 0.4) is 0 Å². The van der Waals surface area contributed by atoms with E-state index in [9.17, 15) is 9.59 Å². The predicted octanol–water partition coefficient (Wildman–Crippen LogP) is 0.759. The van der Waals surface area contributed by atoms with Gasteiger partial charge in [0, 0.05) is 24.9 Å². The zero-order chi connectivity index (χ0) is 13.0. The number of aromatic nitrogens is 2. The highest BCUT2D eigenvalue weighted by Crippen LogP contribution is 2.52. The molecule has 4 rings (SSSR count). The van der Waals surface area contributed by atoms with Crippen LogP contribution in [-0.2, 0) is 16.0 Å². The molecule has 2 heterocycles. The molecule has 1 saturated heterocycles. The molecule has 98 valence electrons. The minimum Gasteiger partial charge on any atom is -0.348 e. The number of carbonyl (C=O) groups is 2. The number of hydrogen-bond donors (Lipinski definition) is 1. The summed E-state index contributed by atoms with van der Waals surface area (Å²) >= 11 is 0. The van der Waals surface area contributed by atoms with Crippen molar-refractivity contribution >= 4 is 11.8 Å². The summed E-state index contributed by atoms with van der Waals surface area (Å²) in [6.45, 7) is 0.465. The summed E-state index contributed by atoms with van der Waals surface area (Å²) in [5.41, 5.74) is 0.957. The van der Waals surface area contributed by atoms with Crippen LogP contribution in [0.2, 0.25) is 0 Å². The van der Waals surface area contributed by atoms with Crippen molar-refractivity contribution in [1.29, 1.82) is 0 Å². The third-order valence-corrected chi connectivity index (χ3v) is 4.72. The van der Waals surface area contributed by atoms with Gasteiger partial charge in [0.05, 0.1) is 18.2 Å². The van der Waals surface area contributed by atoms with E-state index in [0.717, 1.165) is 12.1 Å². The third kappa shape index (κ3) is 1.44. The lowest BCUT2D eigenvalue weighted by atomic mass is 9.85. The zero-order valence-corrected chi connectivity index (χ0v) is 10.5. The second kappa shape index (κ2) is 3.79. The quantitative estimate of drug-likeness (QED) is 0.642. The number of carbonyl (C=O) groups excluding carboxylic acids is 2. The number of nitrogens with one attached hydrogen (secondary N) is 1. The van der Waals surface area contributed by atoms with E-state index in [-0.39, 0.29) is 23.7 Å². The van der Waals surface area contributed by atoms with Crippen LogP contribution >= 0.6 is 0 Å². The highest BCUT2D eigenvalue weighted by Gasteiger charge is 2.58. The minimum absolute atomic E-state index is 0.0337. The standard InChI is InChI=1S/C14H15N3O2/c18-13-11-8-1-2-9(5-8)12(11)14(19)17(13)4-3-10-6-15-7-16-10/h1-2,6-9,11-12H,3-5H2,(H,15,16). The highest BCUT2D eigenvalue weighted by atomic mass is 16.2. The molecule has 3 aliphatic rings. The van der Waals surface area contributed by atoms with Crippen LogP contribution in [0.1, 0.15) is 12.1 Å². The van der Waals surface area contributed by atoms with E-state index in [1.54, 1.807) is 12.5 Å². The number of fused-ring (bicyclic) bond motifs is 5. The van der Waals surface area contributed by atoms with Crippen molar-refractivity contribution < 1.29 is 9.59 Å². The topological polar surface area (TPSA) is 66.1 Å². The van der Waals surface area contributed by atoms with Gasteiger partial charge in [-0.15, -0.1) is 0 Å². The van der Waals surface area contributed by atoms with E-state index in [2.05, 4.69) is 22.1 Å². The number of H-pyrrole nitrogens is 1. The van der Waals surface area contributed by atoms with Gasteiger partial charge >= 0.3 is 0 Å². The average Bonchev–Trinajstić information content (AvgIpc) is 3.14. The van der Waals surface area contributed by atoms with Crippen LogP contribution in [-0.4, -0.2) is 33.2 Å². The Balaban J connectivity index is 1.52. The molecule has 0 spiro atoms.